The molecule has 0 radical (unpaired) electrons. The van der Waals surface area contributed by atoms with E-state index in [1.807, 2.05) is 0 Å². The molecule has 2 rings (SSSR count). The van der Waals surface area contributed by atoms with Crippen molar-refractivity contribution >= 4 is 23.9 Å². The van der Waals surface area contributed by atoms with Crippen LogP contribution < -0.4 is 5.32 Å². The van der Waals surface area contributed by atoms with Crippen LogP contribution in [0.5, 0.6) is 0 Å². The minimum absolute atomic E-state index is 0.263. The molecule has 1 aromatic rings. The van der Waals surface area contributed by atoms with E-state index in [1.54, 1.807) is 13.0 Å². The molecule has 1 aliphatic rings. The summed E-state index contributed by atoms with van der Waals surface area (Å²) in [4.78, 5) is 35.7. The van der Waals surface area contributed by atoms with E-state index < -0.39 is 23.5 Å². The number of rotatable bonds is 5. The molecule has 7 heteroatoms. The minimum atomic E-state index is -1.24. The van der Waals surface area contributed by atoms with Crippen LogP contribution >= 0.6 is 0 Å². The SMILES string of the molecule is CC1(Nc2cccc(F)c2)C(C(=O)CC=O)CCCN1C(=O)O. The van der Waals surface area contributed by atoms with Crippen molar-refractivity contribution < 1.29 is 23.9 Å². The van der Waals surface area contributed by atoms with Gasteiger partial charge in [-0.05, 0) is 38.0 Å². The fourth-order valence-electron chi connectivity index (χ4n) is 3.16. The molecular weight excluding hydrogens is 303 g/mol. The number of carbonyl (C=O) groups is 3. The lowest BCUT2D eigenvalue weighted by Crippen LogP contribution is -2.63. The number of carbonyl (C=O) groups excluding carboxylic acids is 2. The van der Waals surface area contributed by atoms with Gasteiger partial charge in [0.25, 0.3) is 0 Å². The number of hydrogen-bond donors (Lipinski definition) is 2. The maximum atomic E-state index is 13.4. The number of hydrogen-bond acceptors (Lipinski definition) is 4. The summed E-state index contributed by atoms with van der Waals surface area (Å²) >= 11 is 0. The second-order valence-corrected chi connectivity index (χ2v) is 5.75. The predicted octanol–water partition coefficient (Wildman–Crippen LogP) is 2.50. The number of benzene rings is 1. The van der Waals surface area contributed by atoms with Crippen molar-refractivity contribution in [3.8, 4) is 0 Å². The molecule has 2 N–H and O–H groups in total. The third kappa shape index (κ3) is 3.49. The standard InChI is InChI=1S/C16H19FN2O4/c1-16(18-12-5-2-4-11(17)10-12)13(14(21)7-9-20)6-3-8-19(16)15(22)23/h2,4-5,9-10,13,18H,3,6-8H2,1H3,(H,22,23). The first-order valence-electron chi connectivity index (χ1n) is 7.39. The molecular formula is C16H19FN2O4. The molecule has 0 spiro atoms. The van der Waals surface area contributed by atoms with Gasteiger partial charge in [0.1, 0.15) is 23.5 Å². The third-order valence-electron chi connectivity index (χ3n) is 4.24. The monoisotopic (exact) mass is 322 g/mol. The van der Waals surface area contributed by atoms with Crippen molar-refractivity contribution in [3.05, 3.63) is 30.1 Å². The van der Waals surface area contributed by atoms with Crippen molar-refractivity contribution in [1.82, 2.24) is 4.90 Å². The molecule has 23 heavy (non-hydrogen) atoms. The number of ketones is 1. The normalized spacial score (nSPS) is 24.1. The van der Waals surface area contributed by atoms with Crippen molar-refractivity contribution in [3.63, 3.8) is 0 Å². The van der Waals surface area contributed by atoms with Crippen LogP contribution in [0.15, 0.2) is 24.3 Å². The number of amides is 1. The lowest BCUT2D eigenvalue weighted by atomic mass is 9.80. The summed E-state index contributed by atoms with van der Waals surface area (Å²) in [7, 11) is 0. The second-order valence-electron chi connectivity index (χ2n) is 5.75. The number of Topliss-reactive ketones (excluding diaryl/α,β-unsaturated/α-hetero) is 1. The van der Waals surface area contributed by atoms with E-state index in [9.17, 15) is 23.9 Å². The van der Waals surface area contributed by atoms with Crippen LogP contribution in [0.25, 0.3) is 0 Å². The molecule has 0 aliphatic carbocycles. The van der Waals surface area contributed by atoms with Crippen LogP contribution in [0.2, 0.25) is 0 Å². The molecule has 0 bridgehead atoms. The van der Waals surface area contributed by atoms with E-state index in [0.29, 0.717) is 24.8 Å². The molecule has 1 amide bonds. The van der Waals surface area contributed by atoms with Gasteiger partial charge in [0, 0.05) is 12.2 Å². The smallest absolute Gasteiger partial charge is 0.409 e. The zero-order chi connectivity index (χ0) is 17.0. The van der Waals surface area contributed by atoms with Gasteiger partial charge in [-0.1, -0.05) is 6.07 Å². The zero-order valence-electron chi connectivity index (χ0n) is 12.8. The van der Waals surface area contributed by atoms with Gasteiger partial charge in [-0.3, -0.25) is 9.69 Å². The van der Waals surface area contributed by atoms with Crippen LogP contribution in [0.3, 0.4) is 0 Å². The van der Waals surface area contributed by atoms with Crippen molar-refractivity contribution in [2.24, 2.45) is 5.92 Å². The molecule has 6 nitrogen and oxygen atoms in total. The van der Waals surface area contributed by atoms with E-state index in [2.05, 4.69) is 5.32 Å². The number of carboxylic acid groups (broad SMARTS) is 1. The minimum Gasteiger partial charge on any atom is -0.465 e. The van der Waals surface area contributed by atoms with Crippen LogP contribution in [0.4, 0.5) is 14.9 Å². The Bertz CT molecular complexity index is 622. The summed E-state index contributed by atoms with van der Waals surface area (Å²) in [5, 5.41) is 12.5. The molecule has 1 aromatic carbocycles. The average molecular weight is 322 g/mol. The molecule has 1 aliphatic heterocycles. The number of likely N-dealkylation sites (tertiary alicyclic amines) is 1. The summed E-state index contributed by atoms with van der Waals surface area (Å²) in [5.41, 5.74) is -0.859. The number of piperidine rings is 1. The number of anilines is 1. The van der Waals surface area contributed by atoms with Crippen LogP contribution in [-0.2, 0) is 9.59 Å². The molecule has 124 valence electrons. The Hall–Kier alpha value is -2.44. The highest BCUT2D eigenvalue weighted by Gasteiger charge is 2.48. The lowest BCUT2D eigenvalue weighted by Gasteiger charge is -2.48. The maximum Gasteiger partial charge on any atom is 0.409 e. The third-order valence-corrected chi connectivity index (χ3v) is 4.24. The highest BCUT2D eigenvalue weighted by Crippen LogP contribution is 2.36. The quantitative estimate of drug-likeness (QED) is 0.642. The van der Waals surface area contributed by atoms with Gasteiger partial charge in [0.2, 0.25) is 0 Å². The lowest BCUT2D eigenvalue weighted by molar-refractivity contribution is -0.130. The van der Waals surface area contributed by atoms with E-state index in [4.69, 9.17) is 0 Å². The number of nitrogens with zero attached hydrogens (tertiary/aromatic N) is 1. The highest BCUT2D eigenvalue weighted by molar-refractivity contribution is 5.93. The number of aldehydes is 1. The van der Waals surface area contributed by atoms with E-state index >= 15 is 0 Å². The van der Waals surface area contributed by atoms with Crippen molar-refractivity contribution in [2.75, 3.05) is 11.9 Å². The number of halogens is 1. The number of nitrogens with one attached hydrogen (secondary N) is 1. The van der Waals surface area contributed by atoms with Gasteiger partial charge in [-0.2, -0.15) is 0 Å². The van der Waals surface area contributed by atoms with E-state index in [0.717, 1.165) is 4.90 Å². The first kappa shape index (κ1) is 16.9. The first-order chi connectivity index (χ1) is 10.9. The molecule has 1 fully saturated rings. The van der Waals surface area contributed by atoms with Gasteiger partial charge < -0.3 is 15.2 Å². The maximum absolute atomic E-state index is 13.4. The summed E-state index contributed by atoms with van der Waals surface area (Å²) in [5.74, 6) is -1.47. The summed E-state index contributed by atoms with van der Waals surface area (Å²) in [6, 6.07) is 5.61. The summed E-state index contributed by atoms with van der Waals surface area (Å²) in [6.45, 7) is 1.86. The molecule has 1 heterocycles. The molecule has 2 atom stereocenters. The van der Waals surface area contributed by atoms with Gasteiger partial charge in [-0.25, -0.2) is 9.18 Å². The zero-order valence-corrected chi connectivity index (χ0v) is 12.8. The molecule has 0 saturated carbocycles. The van der Waals surface area contributed by atoms with Gasteiger partial charge in [0.15, 0.2) is 0 Å². The van der Waals surface area contributed by atoms with Gasteiger partial charge in [-0.15, -0.1) is 0 Å². The van der Waals surface area contributed by atoms with E-state index in [-0.39, 0.29) is 18.7 Å². The van der Waals surface area contributed by atoms with Gasteiger partial charge in [0.05, 0.1) is 12.3 Å². The Morgan fingerprint density at radius 1 is 1.52 bits per heavy atom. The first-order valence-corrected chi connectivity index (χ1v) is 7.39. The fourth-order valence-corrected chi connectivity index (χ4v) is 3.16. The summed E-state index contributed by atoms with van der Waals surface area (Å²) < 4.78 is 13.4. The van der Waals surface area contributed by atoms with Crippen molar-refractivity contribution in [1.29, 1.82) is 0 Å². The molecule has 1 saturated heterocycles. The predicted molar refractivity (Wildman–Crippen MR) is 81.6 cm³/mol. The Balaban J connectivity index is 2.39. The Labute approximate surface area is 133 Å². The topological polar surface area (TPSA) is 86.7 Å². The average Bonchev–Trinajstić information content (AvgIpc) is 2.46. The Morgan fingerprint density at radius 2 is 2.26 bits per heavy atom. The Kier molecular flexibility index (Phi) is 4.98. The molecule has 0 aromatic heterocycles. The van der Waals surface area contributed by atoms with Crippen LogP contribution in [0, 0.1) is 11.7 Å². The highest BCUT2D eigenvalue weighted by atomic mass is 19.1. The van der Waals surface area contributed by atoms with Gasteiger partial charge >= 0.3 is 6.09 Å². The summed E-state index contributed by atoms with van der Waals surface area (Å²) in [6.07, 6.45) is 0.0838. The largest absolute Gasteiger partial charge is 0.465 e. The van der Waals surface area contributed by atoms with Crippen molar-refractivity contribution in [2.45, 2.75) is 31.8 Å². The van der Waals surface area contributed by atoms with Crippen LogP contribution in [-0.4, -0.2) is 40.4 Å². The van der Waals surface area contributed by atoms with E-state index in [1.165, 1.54) is 18.2 Å². The second kappa shape index (κ2) is 6.76. The Morgan fingerprint density at radius 3 is 2.87 bits per heavy atom. The molecule has 2 unspecified atom stereocenters. The van der Waals surface area contributed by atoms with Crippen LogP contribution in [0.1, 0.15) is 26.2 Å². The fraction of sp³-hybridized carbons (Fsp3) is 0.438.